The van der Waals surface area contributed by atoms with Gasteiger partial charge in [-0.25, -0.2) is 0 Å². The van der Waals surface area contributed by atoms with Crippen molar-refractivity contribution in [2.75, 3.05) is 0 Å². The van der Waals surface area contributed by atoms with Gasteiger partial charge in [-0.15, -0.1) is 0 Å². The monoisotopic (exact) mass is 326 g/mol. The Kier molecular flexibility index (Phi) is 9.14. The van der Waals surface area contributed by atoms with Crippen LogP contribution in [0.3, 0.4) is 0 Å². The van der Waals surface area contributed by atoms with E-state index < -0.39 is 24.3 Å². The molecule has 132 valence electrons. The number of carbonyl (C=O) groups is 1. The zero-order chi connectivity index (χ0) is 17.2. The lowest BCUT2D eigenvalue weighted by Crippen LogP contribution is -2.20. The smallest absolute Gasteiger partial charge is 0.307 e. The van der Waals surface area contributed by atoms with Gasteiger partial charge < -0.3 is 20.4 Å². The summed E-state index contributed by atoms with van der Waals surface area (Å²) in [5, 5.41) is 38.7. The van der Waals surface area contributed by atoms with Crippen molar-refractivity contribution in [3.63, 3.8) is 0 Å². The molecule has 0 spiro atoms. The molecule has 0 radical (unpaired) electrons. The molecule has 1 aliphatic carbocycles. The van der Waals surface area contributed by atoms with E-state index in [1.807, 2.05) is 6.08 Å². The third kappa shape index (κ3) is 7.29. The van der Waals surface area contributed by atoms with Crippen LogP contribution < -0.4 is 0 Å². The predicted octanol–water partition coefficient (Wildman–Crippen LogP) is 2.26. The summed E-state index contributed by atoms with van der Waals surface area (Å²) in [4.78, 5) is 10.5. The average Bonchev–Trinajstić information content (AvgIpc) is 2.75. The van der Waals surface area contributed by atoms with Gasteiger partial charge >= 0.3 is 5.97 Å². The van der Waals surface area contributed by atoms with Gasteiger partial charge in [0.15, 0.2) is 0 Å². The van der Waals surface area contributed by atoms with Gasteiger partial charge in [0.05, 0.1) is 24.7 Å². The van der Waals surface area contributed by atoms with Crippen molar-refractivity contribution < 1.29 is 25.2 Å². The van der Waals surface area contributed by atoms with E-state index in [2.05, 4.69) is 6.92 Å². The van der Waals surface area contributed by atoms with Crippen LogP contribution in [0.5, 0.6) is 0 Å². The van der Waals surface area contributed by atoms with Gasteiger partial charge in [0, 0.05) is 12.3 Å². The predicted molar refractivity (Wildman–Crippen MR) is 88.9 cm³/mol. The average molecular weight is 326 g/mol. The minimum atomic E-state index is -0.889. The van der Waals surface area contributed by atoms with Gasteiger partial charge in [0.25, 0.3) is 0 Å². The van der Waals surface area contributed by atoms with E-state index in [9.17, 15) is 20.1 Å². The molecule has 5 heteroatoms. The molecule has 1 rings (SSSR count). The lowest BCUT2D eigenvalue weighted by atomic mass is 9.89. The van der Waals surface area contributed by atoms with Crippen LogP contribution >= 0.6 is 0 Å². The number of aliphatic carboxylic acids is 1. The number of carboxylic acid groups (broad SMARTS) is 1. The van der Waals surface area contributed by atoms with Crippen molar-refractivity contribution in [2.24, 2.45) is 11.8 Å². The summed E-state index contributed by atoms with van der Waals surface area (Å²) in [7, 11) is 0. The Morgan fingerprint density at radius 3 is 2.61 bits per heavy atom. The van der Waals surface area contributed by atoms with Crippen molar-refractivity contribution in [3.05, 3.63) is 24.3 Å². The second-order valence-corrected chi connectivity index (χ2v) is 6.36. The Bertz CT molecular complexity index is 404. The van der Waals surface area contributed by atoms with Crippen molar-refractivity contribution in [1.82, 2.24) is 0 Å². The molecule has 1 fully saturated rings. The van der Waals surface area contributed by atoms with Crippen LogP contribution in [-0.4, -0.2) is 44.7 Å². The number of hydrogen-bond acceptors (Lipinski definition) is 4. The van der Waals surface area contributed by atoms with Crippen molar-refractivity contribution in [1.29, 1.82) is 0 Å². The molecule has 0 saturated heterocycles. The largest absolute Gasteiger partial charge is 0.481 e. The Morgan fingerprint density at radius 1 is 1.22 bits per heavy atom. The number of allylic oxidation sites excluding steroid dienone is 1. The summed E-state index contributed by atoms with van der Waals surface area (Å²) in [5.41, 5.74) is 0. The molecule has 2 unspecified atom stereocenters. The van der Waals surface area contributed by atoms with Crippen molar-refractivity contribution in [3.8, 4) is 0 Å². The molecule has 0 aromatic heterocycles. The third-order valence-electron chi connectivity index (χ3n) is 4.44. The van der Waals surface area contributed by atoms with Gasteiger partial charge in [-0.2, -0.15) is 0 Å². The fourth-order valence-electron chi connectivity index (χ4n) is 3.10. The number of carboxylic acids is 1. The van der Waals surface area contributed by atoms with Crippen LogP contribution in [-0.2, 0) is 4.79 Å². The number of aliphatic hydroxyl groups excluding tert-OH is 3. The number of unbranched alkanes of at least 4 members (excludes halogenated alkanes) is 2. The van der Waals surface area contributed by atoms with E-state index in [0.717, 1.165) is 19.3 Å². The van der Waals surface area contributed by atoms with Crippen LogP contribution in [0, 0.1) is 11.8 Å². The second-order valence-electron chi connectivity index (χ2n) is 6.36. The van der Waals surface area contributed by atoms with E-state index in [1.54, 1.807) is 18.2 Å². The van der Waals surface area contributed by atoms with Gasteiger partial charge in [0.1, 0.15) is 0 Å². The molecule has 0 amide bonds. The number of hydrogen-bond donors (Lipinski definition) is 4. The SMILES string of the molecule is CCCCC[C@H](O)/C=C/C1C(O)C[C@H](O)[C@@H]1C/C=C\CC(=O)O. The zero-order valence-electron chi connectivity index (χ0n) is 13.8. The summed E-state index contributed by atoms with van der Waals surface area (Å²) in [6.07, 6.45) is 9.77. The Morgan fingerprint density at radius 2 is 1.96 bits per heavy atom. The van der Waals surface area contributed by atoms with Gasteiger partial charge in [0.2, 0.25) is 0 Å². The highest BCUT2D eigenvalue weighted by Gasteiger charge is 2.39. The van der Waals surface area contributed by atoms with Crippen LogP contribution in [0.25, 0.3) is 0 Å². The van der Waals surface area contributed by atoms with E-state index >= 15 is 0 Å². The van der Waals surface area contributed by atoms with E-state index in [0.29, 0.717) is 19.3 Å². The van der Waals surface area contributed by atoms with Crippen LogP contribution in [0.2, 0.25) is 0 Å². The Labute approximate surface area is 138 Å². The first-order chi connectivity index (χ1) is 11.0. The maximum absolute atomic E-state index is 10.5. The van der Waals surface area contributed by atoms with Crippen LogP contribution in [0.4, 0.5) is 0 Å². The minimum Gasteiger partial charge on any atom is -0.481 e. The Hall–Kier alpha value is -1.17. The lowest BCUT2D eigenvalue weighted by molar-refractivity contribution is -0.136. The maximum Gasteiger partial charge on any atom is 0.307 e. The zero-order valence-corrected chi connectivity index (χ0v) is 13.8. The van der Waals surface area contributed by atoms with Crippen molar-refractivity contribution >= 4 is 5.97 Å². The molecule has 4 N–H and O–H groups in total. The summed E-state index contributed by atoms with van der Waals surface area (Å²) >= 11 is 0. The normalized spacial score (nSPS) is 29.6. The fraction of sp³-hybridized carbons (Fsp3) is 0.722. The standard InChI is InChI=1S/C18H30O5/c1-2-3-4-7-13(19)10-11-15-14(16(20)12-17(15)21)8-5-6-9-18(22)23/h5-6,10-11,13-17,19-21H,2-4,7-9,12H2,1H3,(H,22,23)/b6-5-,11-10+/t13-,14+,15?,16-,17?/m0/s1. The molecular weight excluding hydrogens is 296 g/mol. The quantitative estimate of drug-likeness (QED) is 0.365. The van der Waals surface area contributed by atoms with Gasteiger partial charge in [-0.1, -0.05) is 50.5 Å². The molecule has 1 aliphatic rings. The van der Waals surface area contributed by atoms with Gasteiger partial charge in [-0.05, 0) is 18.8 Å². The first kappa shape index (κ1) is 19.9. The summed E-state index contributed by atoms with van der Waals surface area (Å²) in [6.45, 7) is 2.11. The topological polar surface area (TPSA) is 98.0 Å². The number of aliphatic hydroxyl groups is 3. The lowest BCUT2D eigenvalue weighted by Gasteiger charge is -2.19. The summed E-state index contributed by atoms with van der Waals surface area (Å²) in [6, 6.07) is 0. The second kappa shape index (κ2) is 10.6. The highest BCUT2D eigenvalue weighted by molar-refractivity contribution is 5.68. The Balaban J connectivity index is 2.54. The van der Waals surface area contributed by atoms with Crippen LogP contribution in [0.1, 0.15) is 51.9 Å². The highest BCUT2D eigenvalue weighted by atomic mass is 16.4. The van der Waals surface area contributed by atoms with Crippen LogP contribution in [0.15, 0.2) is 24.3 Å². The van der Waals surface area contributed by atoms with Gasteiger partial charge in [-0.3, -0.25) is 4.79 Å². The molecule has 5 atom stereocenters. The van der Waals surface area contributed by atoms with Crippen molar-refractivity contribution in [2.45, 2.75) is 70.2 Å². The summed E-state index contributed by atoms with van der Waals surface area (Å²) in [5.74, 6) is -1.24. The van der Waals surface area contributed by atoms with E-state index in [-0.39, 0.29) is 18.3 Å². The molecule has 0 heterocycles. The fourth-order valence-corrected chi connectivity index (χ4v) is 3.10. The maximum atomic E-state index is 10.5. The first-order valence-corrected chi connectivity index (χ1v) is 8.55. The summed E-state index contributed by atoms with van der Waals surface area (Å²) < 4.78 is 0. The molecule has 0 aromatic rings. The molecule has 0 bridgehead atoms. The molecule has 1 saturated carbocycles. The first-order valence-electron chi connectivity index (χ1n) is 8.55. The number of rotatable bonds is 10. The molecular formula is C18H30O5. The molecule has 0 aromatic carbocycles. The third-order valence-corrected chi connectivity index (χ3v) is 4.44. The highest BCUT2D eigenvalue weighted by Crippen LogP contribution is 2.36. The molecule has 0 aliphatic heterocycles. The molecule has 5 nitrogen and oxygen atoms in total. The molecule has 23 heavy (non-hydrogen) atoms. The van der Waals surface area contributed by atoms with E-state index in [4.69, 9.17) is 5.11 Å². The van der Waals surface area contributed by atoms with E-state index in [1.165, 1.54) is 0 Å². The minimum absolute atomic E-state index is 0.0397.